The van der Waals surface area contributed by atoms with E-state index >= 15 is 0 Å². The summed E-state index contributed by atoms with van der Waals surface area (Å²) in [6, 6.07) is 13.4. The van der Waals surface area contributed by atoms with Gasteiger partial charge in [-0.2, -0.15) is 0 Å². The summed E-state index contributed by atoms with van der Waals surface area (Å²) in [7, 11) is 0. The molecule has 1 unspecified atom stereocenters. The van der Waals surface area contributed by atoms with Crippen molar-refractivity contribution in [1.82, 2.24) is 10.3 Å². The van der Waals surface area contributed by atoms with Crippen LogP contribution in [-0.2, 0) is 6.42 Å². The van der Waals surface area contributed by atoms with Crippen molar-refractivity contribution < 1.29 is 0 Å². The third-order valence-corrected chi connectivity index (χ3v) is 4.00. The van der Waals surface area contributed by atoms with Gasteiger partial charge < -0.3 is 5.32 Å². The molecule has 1 aromatic carbocycles. The largest absolute Gasteiger partial charge is 0.310 e. The van der Waals surface area contributed by atoms with Gasteiger partial charge in [-0.1, -0.05) is 37.3 Å². The van der Waals surface area contributed by atoms with Crippen molar-refractivity contribution in [3.05, 3.63) is 64.4 Å². The number of pyridine rings is 1. The van der Waals surface area contributed by atoms with Crippen LogP contribution in [0.4, 0.5) is 0 Å². The molecule has 0 saturated heterocycles. The summed E-state index contributed by atoms with van der Waals surface area (Å²) in [5.74, 6) is 0. The normalized spacial score (nSPS) is 12.3. The lowest BCUT2D eigenvalue weighted by Crippen LogP contribution is -2.22. The van der Waals surface area contributed by atoms with Crippen molar-refractivity contribution in [2.75, 3.05) is 6.54 Å². The maximum absolute atomic E-state index is 4.23. The molecule has 0 bridgehead atoms. The van der Waals surface area contributed by atoms with Gasteiger partial charge in [0, 0.05) is 22.9 Å². The standard InChI is InChI=1S/C18H23BrN2/c1-2-11-21-18(16-8-4-3-5-9-16)10-6-7-15-12-17(19)14-20-13-15/h3-5,8-9,12-14,18,21H,2,6-7,10-11H2,1H3. The average molecular weight is 347 g/mol. The zero-order valence-electron chi connectivity index (χ0n) is 12.6. The van der Waals surface area contributed by atoms with Gasteiger partial charge in [0.1, 0.15) is 0 Å². The molecule has 0 aliphatic heterocycles. The molecule has 0 radical (unpaired) electrons. The lowest BCUT2D eigenvalue weighted by Gasteiger charge is -2.19. The predicted octanol–water partition coefficient (Wildman–Crippen LogP) is 4.91. The molecule has 3 heteroatoms. The second-order valence-corrected chi connectivity index (χ2v) is 6.24. The molecular weight excluding hydrogens is 324 g/mol. The zero-order valence-corrected chi connectivity index (χ0v) is 14.1. The van der Waals surface area contributed by atoms with Gasteiger partial charge in [0.15, 0.2) is 0 Å². The van der Waals surface area contributed by atoms with Crippen molar-refractivity contribution in [3.8, 4) is 0 Å². The zero-order chi connectivity index (χ0) is 14.9. The predicted molar refractivity (Wildman–Crippen MR) is 92.4 cm³/mol. The minimum atomic E-state index is 0.450. The Hall–Kier alpha value is -1.19. The van der Waals surface area contributed by atoms with Crippen molar-refractivity contribution in [3.63, 3.8) is 0 Å². The smallest absolute Gasteiger partial charge is 0.0410 e. The Bertz CT molecular complexity index is 528. The Morgan fingerprint density at radius 3 is 2.71 bits per heavy atom. The molecule has 1 aromatic heterocycles. The number of hydrogen-bond acceptors (Lipinski definition) is 2. The van der Waals surface area contributed by atoms with Crippen molar-refractivity contribution in [1.29, 1.82) is 0 Å². The molecule has 0 saturated carbocycles. The van der Waals surface area contributed by atoms with Crippen LogP contribution in [0.5, 0.6) is 0 Å². The monoisotopic (exact) mass is 346 g/mol. The van der Waals surface area contributed by atoms with E-state index in [1.54, 1.807) is 0 Å². The van der Waals surface area contributed by atoms with E-state index in [4.69, 9.17) is 0 Å². The third-order valence-electron chi connectivity index (χ3n) is 3.56. The molecule has 2 nitrogen and oxygen atoms in total. The molecule has 2 rings (SSSR count). The number of rotatable bonds is 8. The molecule has 0 spiro atoms. The Morgan fingerprint density at radius 2 is 2.00 bits per heavy atom. The maximum atomic E-state index is 4.23. The number of halogens is 1. The van der Waals surface area contributed by atoms with E-state index in [2.05, 4.69) is 69.6 Å². The number of nitrogens with one attached hydrogen (secondary N) is 1. The van der Waals surface area contributed by atoms with Crippen molar-refractivity contribution >= 4 is 15.9 Å². The fraction of sp³-hybridized carbons (Fsp3) is 0.389. The van der Waals surface area contributed by atoms with Gasteiger partial charge in [0.05, 0.1) is 0 Å². The van der Waals surface area contributed by atoms with E-state index in [1.807, 2.05) is 12.4 Å². The Morgan fingerprint density at radius 1 is 1.19 bits per heavy atom. The van der Waals surface area contributed by atoms with Crippen LogP contribution >= 0.6 is 15.9 Å². The first-order valence-electron chi connectivity index (χ1n) is 7.67. The van der Waals surface area contributed by atoms with Crippen LogP contribution in [0.2, 0.25) is 0 Å². The molecule has 21 heavy (non-hydrogen) atoms. The topological polar surface area (TPSA) is 24.9 Å². The molecule has 1 heterocycles. The van der Waals surface area contributed by atoms with Gasteiger partial charge in [-0.25, -0.2) is 0 Å². The molecule has 1 atom stereocenters. The summed E-state index contributed by atoms with van der Waals surface area (Å²) in [5, 5.41) is 3.66. The molecule has 0 amide bonds. The summed E-state index contributed by atoms with van der Waals surface area (Å²) < 4.78 is 1.06. The molecular formula is C18H23BrN2. The second-order valence-electron chi connectivity index (χ2n) is 5.32. The molecule has 0 fully saturated rings. The van der Waals surface area contributed by atoms with E-state index in [1.165, 1.54) is 17.5 Å². The number of aromatic nitrogens is 1. The molecule has 112 valence electrons. The first-order chi connectivity index (χ1) is 10.3. The van der Waals surface area contributed by atoms with Gasteiger partial charge in [-0.05, 0) is 65.4 Å². The van der Waals surface area contributed by atoms with Crippen LogP contribution in [-0.4, -0.2) is 11.5 Å². The molecule has 2 aromatic rings. The van der Waals surface area contributed by atoms with E-state index in [0.717, 1.165) is 30.3 Å². The third kappa shape index (κ3) is 5.60. The fourth-order valence-corrected chi connectivity index (χ4v) is 2.91. The Balaban J connectivity index is 1.90. The van der Waals surface area contributed by atoms with Crippen LogP contribution < -0.4 is 5.32 Å². The number of hydrogen-bond donors (Lipinski definition) is 1. The average Bonchev–Trinajstić information content (AvgIpc) is 2.51. The van der Waals surface area contributed by atoms with Crippen LogP contribution in [0.1, 0.15) is 43.4 Å². The number of aryl methyl sites for hydroxylation is 1. The van der Waals surface area contributed by atoms with Gasteiger partial charge in [-0.3, -0.25) is 4.98 Å². The number of nitrogens with zero attached hydrogens (tertiary/aromatic N) is 1. The van der Waals surface area contributed by atoms with Crippen LogP contribution in [0.3, 0.4) is 0 Å². The van der Waals surface area contributed by atoms with E-state index < -0.39 is 0 Å². The minimum Gasteiger partial charge on any atom is -0.310 e. The highest BCUT2D eigenvalue weighted by Crippen LogP contribution is 2.20. The van der Waals surface area contributed by atoms with Gasteiger partial charge >= 0.3 is 0 Å². The first kappa shape index (κ1) is 16.2. The van der Waals surface area contributed by atoms with E-state index in [0.29, 0.717) is 6.04 Å². The summed E-state index contributed by atoms with van der Waals surface area (Å²) in [4.78, 5) is 4.23. The van der Waals surface area contributed by atoms with E-state index in [9.17, 15) is 0 Å². The Labute approximate surface area is 136 Å². The minimum absolute atomic E-state index is 0.450. The van der Waals surface area contributed by atoms with Gasteiger partial charge in [-0.15, -0.1) is 0 Å². The van der Waals surface area contributed by atoms with Crippen LogP contribution in [0, 0.1) is 0 Å². The maximum Gasteiger partial charge on any atom is 0.0410 e. The van der Waals surface area contributed by atoms with Crippen LogP contribution in [0.25, 0.3) is 0 Å². The number of benzene rings is 1. The fourth-order valence-electron chi connectivity index (χ4n) is 2.49. The molecule has 0 aliphatic carbocycles. The quantitative estimate of drug-likeness (QED) is 0.734. The highest BCUT2D eigenvalue weighted by molar-refractivity contribution is 9.10. The van der Waals surface area contributed by atoms with Gasteiger partial charge in [0.25, 0.3) is 0 Å². The highest BCUT2D eigenvalue weighted by atomic mass is 79.9. The lowest BCUT2D eigenvalue weighted by molar-refractivity contribution is 0.484. The van der Waals surface area contributed by atoms with Crippen molar-refractivity contribution in [2.24, 2.45) is 0 Å². The first-order valence-corrected chi connectivity index (χ1v) is 8.46. The van der Waals surface area contributed by atoms with Gasteiger partial charge in [0.2, 0.25) is 0 Å². The lowest BCUT2D eigenvalue weighted by atomic mass is 9.99. The van der Waals surface area contributed by atoms with E-state index in [-0.39, 0.29) is 0 Å². The summed E-state index contributed by atoms with van der Waals surface area (Å²) >= 11 is 3.48. The van der Waals surface area contributed by atoms with Crippen molar-refractivity contribution in [2.45, 2.75) is 38.6 Å². The summed E-state index contributed by atoms with van der Waals surface area (Å²) in [5.41, 5.74) is 2.69. The van der Waals surface area contributed by atoms with Crippen LogP contribution in [0.15, 0.2) is 53.3 Å². The highest BCUT2D eigenvalue weighted by Gasteiger charge is 2.09. The summed E-state index contributed by atoms with van der Waals surface area (Å²) in [6.07, 6.45) is 8.34. The second kappa shape index (κ2) is 8.96. The molecule has 1 N–H and O–H groups in total. The Kier molecular flexibility index (Phi) is 6.90. The SMILES string of the molecule is CCCNC(CCCc1cncc(Br)c1)c1ccccc1. The summed E-state index contributed by atoms with van der Waals surface area (Å²) in [6.45, 7) is 3.28. The molecule has 0 aliphatic rings.